The third-order valence-electron chi connectivity index (χ3n) is 6.92. The fourth-order valence-corrected chi connectivity index (χ4v) is 4.28. The Morgan fingerprint density at radius 2 is 1.68 bits per heavy atom. The second kappa shape index (κ2) is 11.3. The first-order chi connectivity index (χ1) is 18.2. The largest absolute Gasteiger partial charge is 0.497 e. The van der Waals surface area contributed by atoms with Gasteiger partial charge in [-0.15, -0.1) is 5.10 Å². The van der Waals surface area contributed by atoms with Crippen molar-refractivity contribution in [2.24, 2.45) is 0 Å². The van der Waals surface area contributed by atoms with E-state index in [1.165, 1.54) is 0 Å². The highest BCUT2D eigenvalue weighted by molar-refractivity contribution is 6.00. The Morgan fingerprint density at radius 3 is 2.32 bits per heavy atom. The van der Waals surface area contributed by atoms with E-state index in [0.29, 0.717) is 17.6 Å². The maximum Gasteiger partial charge on any atom is 0.250 e. The van der Waals surface area contributed by atoms with Gasteiger partial charge < -0.3 is 19.9 Å². The monoisotopic (exact) mass is 514 g/mol. The molecule has 0 spiro atoms. The molecule has 4 rings (SSSR count). The number of fused-ring (bicyclic) bond motifs is 1. The molecule has 0 fully saturated rings. The number of amides is 2. The summed E-state index contributed by atoms with van der Waals surface area (Å²) in [7, 11) is 5.53. The van der Waals surface area contributed by atoms with Crippen molar-refractivity contribution in [2.45, 2.75) is 38.9 Å². The number of rotatable bonds is 10. The van der Waals surface area contributed by atoms with Crippen molar-refractivity contribution in [1.29, 1.82) is 0 Å². The topological polar surface area (TPSA) is 92.6 Å². The third kappa shape index (κ3) is 5.61. The van der Waals surface area contributed by atoms with Crippen molar-refractivity contribution in [2.75, 3.05) is 31.4 Å². The molecule has 0 aliphatic rings. The van der Waals surface area contributed by atoms with Crippen molar-refractivity contribution in [1.82, 2.24) is 19.9 Å². The molecule has 0 radical (unpaired) electrons. The lowest BCUT2D eigenvalue weighted by molar-refractivity contribution is -0.146. The summed E-state index contributed by atoms with van der Waals surface area (Å²) in [6.07, 6.45) is 0.411. The normalized spacial score (nSPS) is 12.6. The quantitative estimate of drug-likeness (QED) is 0.338. The highest BCUT2D eigenvalue weighted by Gasteiger charge is 2.41. The van der Waals surface area contributed by atoms with E-state index in [0.717, 1.165) is 22.5 Å². The number of anilines is 2. The van der Waals surface area contributed by atoms with Crippen LogP contribution < -0.4 is 15.0 Å². The Labute approximate surface area is 223 Å². The van der Waals surface area contributed by atoms with Crippen LogP contribution in [0.1, 0.15) is 25.8 Å². The lowest BCUT2D eigenvalue weighted by Crippen LogP contribution is -2.57. The molecule has 38 heavy (non-hydrogen) atoms. The van der Waals surface area contributed by atoms with Gasteiger partial charge in [-0.05, 0) is 67.4 Å². The van der Waals surface area contributed by atoms with Crippen LogP contribution in [0.5, 0.6) is 5.75 Å². The predicted octanol–water partition coefficient (Wildman–Crippen LogP) is 4.34. The maximum absolute atomic E-state index is 13.9. The first kappa shape index (κ1) is 26.7. The van der Waals surface area contributed by atoms with Gasteiger partial charge in [-0.25, -0.2) is 4.68 Å². The molecule has 198 valence electrons. The van der Waals surface area contributed by atoms with Gasteiger partial charge in [0.25, 0.3) is 0 Å². The zero-order chi connectivity index (χ0) is 27.3. The van der Waals surface area contributed by atoms with Crippen molar-refractivity contribution in [3.8, 4) is 5.75 Å². The molecule has 1 aromatic heterocycles. The number of ether oxygens (including phenoxy) is 1. The maximum atomic E-state index is 13.9. The summed E-state index contributed by atoms with van der Waals surface area (Å²) >= 11 is 0. The zero-order valence-corrected chi connectivity index (χ0v) is 22.5. The molecule has 1 atom stereocenters. The number of para-hydroxylation sites is 1. The minimum Gasteiger partial charge on any atom is -0.497 e. The molecule has 1 N–H and O–H groups in total. The molecule has 9 heteroatoms. The van der Waals surface area contributed by atoms with Crippen molar-refractivity contribution in [3.63, 3.8) is 0 Å². The highest BCUT2D eigenvalue weighted by atomic mass is 16.5. The summed E-state index contributed by atoms with van der Waals surface area (Å²) in [4.78, 5) is 31.3. The molecule has 9 nitrogen and oxygen atoms in total. The lowest BCUT2D eigenvalue weighted by atomic mass is 9.93. The van der Waals surface area contributed by atoms with Gasteiger partial charge in [0.2, 0.25) is 11.8 Å². The van der Waals surface area contributed by atoms with E-state index in [-0.39, 0.29) is 24.9 Å². The number of benzene rings is 3. The Morgan fingerprint density at radius 1 is 1.00 bits per heavy atom. The number of nitrogens with one attached hydrogen (secondary N) is 1. The highest BCUT2D eigenvalue weighted by Crippen LogP contribution is 2.27. The third-order valence-corrected chi connectivity index (χ3v) is 6.92. The second-order valence-electron chi connectivity index (χ2n) is 9.59. The van der Waals surface area contributed by atoms with Gasteiger partial charge in [-0.1, -0.05) is 36.4 Å². The molecular formula is C29H34N6O3. The summed E-state index contributed by atoms with van der Waals surface area (Å²) in [6.45, 7) is 3.91. The summed E-state index contributed by atoms with van der Waals surface area (Å²) in [5.41, 5.74) is 2.91. The van der Waals surface area contributed by atoms with E-state index in [4.69, 9.17) is 4.74 Å². The van der Waals surface area contributed by atoms with Gasteiger partial charge in [-0.2, -0.15) is 0 Å². The van der Waals surface area contributed by atoms with Crippen LogP contribution in [0.2, 0.25) is 0 Å². The minimum atomic E-state index is -1.13. The molecule has 2 amide bonds. The number of carbonyl (C=O) groups excluding carboxylic acids is 2. The van der Waals surface area contributed by atoms with Crippen LogP contribution in [-0.4, -0.2) is 58.5 Å². The van der Waals surface area contributed by atoms with Crippen molar-refractivity contribution < 1.29 is 14.3 Å². The summed E-state index contributed by atoms with van der Waals surface area (Å²) < 4.78 is 6.86. The molecule has 0 saturated carbocycles. The van der Waals surface area contributed by atoms with Gasteiger partial charge in [0.05, 0.1) is 12.6 Å². The Hall–Kier alpha value is -4.40. The average Bonchev–Trinajstić information content (AvgIpc) is 3.34. The molecule has 0 saturated heterocycles. The molecule has 0 aliphatic carbocycles. The SMILES string of the molecule is CCC(C)(C(=O)Nc1ccc(N(C)C)cc1)N(Cc1ccc(OC)cc1)C(=O)Cn1nnc2ccccc21. The zero-order valence-electron chi connectivity index (χ0n) is 22.5. The number of nitrogens with zero attached hydrogens (tertiary/aromatic N) is 5. The number of methoxy groups -OCH3 is 1. The van der Waals surface area contributed by atoms with Gasteiger partial charge in [-0.3, -0.25) is 9.59 Å². The van der Waals surface area contributed by atoms with Gasteiger partial charge in [0.15, 0.2) is 0 Å². The second-order valence-corrected chi connectivity index (χ2v) is 9.59. The van der Waals surface area contributed by atoms with E-state index in [9.17, 15) is 9.59 Å². The molecule has 1 heterocycles. The lowest BCUT2D eigenvalue weighted by Gasteiger charge is -2.39. The molecule has 3 aromatic carbocycles. The minimum absolute atomic E-state index is 0.0446. The van der Waals surface area contributed by atoms with Crippen molar-refractivity contribution in [3.05, 3.63) is 78.4 Å². The van der Waals surface area contributed by atoms with Crippen LogP contribution in [0.15, 0.2) is 72.8 Å². The summed E-state index contributed by atoms with van der Waals surface area (Å²) in [5, 5.41) is 11.4. The number of hydrogen-bond donors (Lipinski definition) is 1. The number of aromatic nitrogens is 3. The Balaban J connectivity index is 1.65. The van der Waals surface area contributed by atoms with Crippen LogP contribution >= 0.6 is 0 Å². The molecular weight excluding hydrogens is 480 g/mol. The van der Waals surface area contributed by atoms with Crippen molar-refractivity contribution >= 4 is 34.2 Å². The molecule has 0 aliphatic heterocycles. The number of carbonyl (C=O) groups is 2. The first-order valence-electron chi connectivity index (χ1n) is 12.6. The number of hydrogen-bond acceptors (Lipinski definition) is 6. The predicted molar refractivity (Wildman–Crippen MR) is 149 cm³/mol. The van der Waals surface area contributed by atoms with Crippen LogP contribution in [0.4, 0.5) is 11.4 Å². The van der Waals surface area contributed by atoms with E-state index in [1.54, 1.807) is 23.6 Å². The van der Waals surface area contributed by atoms with E-state index in [2.05, 4.69) is 15.6 Å². The van der Waals surface area contributed by atoms with Gasteiger partial charge >= 0.3 is 0 Å². The van der Waals surface area contributed by atoms with Crippen LogP contribution in [0, 0.1) is 0 Å². The molecule has 4 aromatic rings. The van der Waals surface area contributed by atoms with E-state index < -0.39 is 5.54 Å². The van der Waals surface area contributed by atoms with Crippen LogP contribution in [-0.2, 0) is 22.7 Å². The molecule has 1 unspecified atom stereocenters. The Kier molecular flexibility index (Phi) is 7.95. The molecule has 0 bridgehead atoms. The smallest absolute Gasteiger partial charge is 0.250 e. The first-order valence-corrected chi connectivity index (χ1v) is 12.6. The average molecular weight is 515 g/mol. The summed E-state index contributed by atoms with van der Waals surface area (Å²) in [5.74, 6) is 0.222. The van der Waals surface area contributed by atoms with Crippen LogP contribution in [0.25, 0.3) is 11.0 Å². The summed E-state index contributed by atoms with van der Waals surface area (Å²) in [6, 6.07) is 22.6. The standard InChI is InChI=1S/C29H34N6O3/c1-6-29(2,28(37)30-22-13-15-23(16-14-22)33(3)4)34(19-21-11-17-24(38-5)18-12-21)27(36)20-35-26-10-8-7-9-25(26)31-32-35/h7-18H,6,19-20H2,1-5H3,(H,30,37). The van der Waals surface area contributed by atoms with E-state index >= 15 is 0 Å². The van der Waals surface area contributed by atoms with Gasteiger partial charge in [0.1, 0.15) is 23.3 Å². The van der Waals surface area contributed by atoms with Crippen LogP contribution in [0.3, 0.4) is 0 Å². The van der Waals surface area contributed by atoms with Gasteiger partial charge in [0, 0.05) is 32.0 Å². The fraction of sp³-hybridized carbons (Fsp3) is 0.310. The Bertz CT molecular complexity index is 1400. The fourth-order valence-electron chi connectivity index (χ4n) is 4.28. The van der Waals surface area contributed by atoms with E-state index in [1.807, 2.05) is 98.7 Å².